The van der Waals surface area contributed by atoms with Gasteiger partial charge in [-0.25, -0.2) is 4.79 Å². The summed E-state index contributed by atoms with van der Waals surface area (Å²) in [6.07, 6.45) is -0.159. The van der Waals surface area contributed by atoms with Crippen LogP contribution in [-0.2, 0) is 16.1 Å². The maximum Gasteiger partial charge on any atom is 0.407 e. The van der Waals surface area contributed by atoms with Crippen LogP contribution in [-0.4, -0.2) is 52.8 Å². The Hall–Kier alpha value is -4.14. The lowest BCUT2D eigenvalue weighted by Gasteiger charge is -2.46. The fraction of sp³-hybridized carbons (Fsp3) is 0.308. The van der Waals surface area contributed by atoms with Crippen molar-refractivity contribution in [1.82, 2.24) is 15.4 Å². The second-order valence-electron chi connectivity index (χ2n) is 8.96. The molecule has 0 saturated carbocycles. The zero-order valence-corrected chi connectivity index (χ0v) is 19.2. The van der Waals surface area contributed by atoms with E-state index in [4.69, 9.17) is 9.26 Å². The van der Waals surface area contributed by atoms with Crippen LogP contribution in [0, 0.1) is 5.41 Å². The largest absolute Gasteiger partial charge is 0.481 e. The van der Waals surface area contributed by atoms with E-state index in [-0.39, 0.29) is 37.9 Å². The molecule has 180 valence electrons. The van der Waals surface area contributed by atoms with Crippen molar-refractivity contribution >= 4 is 18.0 Å². The number of carboxylic acid groups (broad SMARTS) is 1. The third-order valence-electron chi connectivity index (χ3n) is 6.93. The average Bonchev–Trinajstić information content (AvgIpc) is 3.44. The van der Waals surface area contributed by atoms with Crippen LogP contribution in [0.4, 0.5) is 4.79 Å². The van der Waals surface area contributed by atoms with Gasteiger partial charge >= 0.3 is 12.1 Å². The Morgan fingerprint density at radius 1 is 1.11 bits per heavy atom. The summed E-state index contributed by atoms with van der Waals surface area (Å²) in [6.45, 7) is 2.26. The van der Waals surface area contributed by atoms with Gasteiger partial charge in [0.2, 0.25) is 0 Å². The third-order valence-corrected chi connectivity index (χ3v) is 6.93. The van der Waals surface area contributed by atoms with Gasteiger partial charge in [-0.15, -0.1) is 0 Å². The van der Waals surface area contributed by atoms with E-state index in [9.17, 15) is 19.5 Å². The zero-order chi connectivity index (χ0) is 24.6. The number of aliphatic carboxylic acids is 1. The lowest BCUT2D eigenvalue weighted by atomic mass is 9.77. The Balaban J connectivity index is 1.14. The number of rotatable bonds is 7. The van der Waals surface area contributed by atoms with Crippen molar-refractivity contribution in [2.24, 2.45) is 5.41 Å². The monoisotopic (exact) mass is 475 g/mol. The number of amides is 2. The molecular weight excluding hydrogens is 450 g/mol. The summed E-state index contributed by atoms with van der Waals surface area (Å²) in [5.41, 5.74) is 3.73. The molecule has 0 radical (unpaired) electrons. The number of likely N-dealkylation sites (tertiary alicyclic amines) is 1. The minimum atomic E-state index is -0.905. The summed E-state index contributed by atoms with van der Waals surface area (Å²) in [5, 5.41) is 15.8. The maximum absolute atomic E-state index is 12.6. The molecule has 2 amide bonds. The van der Waals surface area contributed by atoms with Gasteiger partial charge in [0, 0.05) is 25.1 Å². The van der Waals surface area contributed by atoms with E-state index in [2.05, 4.69) is 22.6 Å². The number of fused-ring (bicyclic) bond motifs is 3. The first kappa shape index (κ1) is 22.6. The first-order valence-corrected chi connectivity index (χ1v) is 11.5. The van der Waals surface area contributed by atoms with E-state index in [1.807, 2.05) is 36.4 Å². The number of carbonyl (C=O) groups excluding carboxylic acids is 2. The SMILES string of the molecule is CCC1(C(=O)O)CN(C(=O)c2cc(CNC(=O)OCC3c4ccccc4-c4ccccc43)on2)C1. The minimum Gasteiger partial charge on any atom is -0.481 e. The highest BCUT2D eigenvalue weighted by molar-refractivity contribution is 5.94. The molecule has 9 nitrogen and oxygen atoms in total. The molecule has 5 rings (SSSR count). The number of alkyl carbamates (subject to hydrolysis) is 1. The fourth-order valence-corrected chi connectivity index (χ4v) is 4.81. The van der Waals surface area contributed by atoms with Gasteiger partial charge in [-0.3, -0.25) is 9.59 Å². The van der Waals surface area contributed by atoms with Crippen LogP contribution in [0.2, 0.25) is 0 Å². The summed E-state index contributed by atoms with van der Waals surface area (Å²) in [6, 6.07) is 17.6. The topological polar surface area (TPSA) is 122 Å². The summed E-state index contributed by atoms with van der Waals surface area (Å²) in [7, 11) is 0. The lowest BCUT2D eigenvalue weighted by molar-refractivity contribution is -0.158. The molecule has 0 bridgehead atoms. The minimum absolute atomic E-state index is 0.00494. The number of carboxylic acids is 1. The van der Waals surface area contributed by atoms with Crippen molar-refractivity contribution in [3.05, 3.63) is 77.2 Å². The highest BCUT2D eigenvalue weighted by atomic mass is 16.5. The Morgan fingerprint density at radius 2 is 1.74 bits per heavy atom. The van der Waals surface area contributed by atoms with Crippen LogP contribution in [0.3, 0.4) is 0 Å². The van der Waals surface area contributed by atoms with Crippen LogP contribution in [0.5, 0.6) is 0 Å². The number of carbonyl (C=O) groups is 3. The Labute approximate surface area is 201 Å². The van der Waals surface area contributed by atoms with Gasteiger partial charge in [0.1, 0.15) is 12.0 Å². The van der Waals surface area contributed by atoms with E-state index in [1.165, 1.54) is 11.0 Å². The summed E-state index contributed by atoms with van der Waals surface area (Å²) in [4.78, 5) is 37.8. The first-order chi connectivity index (χ1) is 16.9. The van der Waals surface area contributed by atoms with Crippen LogP contribution < -0.4 is 5.32 Å². The van der Waals surface area contributed by atoms with Crippen LogP contribution in [0.15, 0.2) is 59.1 Å². The van der Waals surface area contributed by atoms with Crippen molar-refractivity contribution in [2.45, 2.75) is 25.8 Å². The molecule has 1 aromatic heterocycles. The smallest absolute Gasteiger partial charge is 0.407 e. The fourth-order valence-electron chi connectivity index (χ4n) is 4.81. The summed E-state index contributed by atoms with van der Waals surface area (Å²) >= 11 is 0. The number of benzene rings is 2. The number of nitrogens with zero attached hydrogens (tertiary/aromatic N) is 2. The standard InChI is InChI=1S/C26H25N3O6/c1-2-26(24(31)32)14-29(15-26)23(30)22-11-16(35-28-22)12-27-25(33)34-13-21-19-9-5-3-7-17(19)18-8-4-6-10-20(18)21/h3-11,21H,2,12-15H2,1H3,(H,27,33)(H,31,32). The zero-order valence-electron chi connectivity index (χ0n) is 19.2. The highest BCUT2D eigenvalue weighted by Crippen LogP contribution is 2.44. The van der Waals surface area contributed by atoms with E-state index >= 15 is 0 Å². The normalized spacial score (nSPS) is 15.6. The Morgan fingerprint density at radius 3 is 2.34 bits per heavy atom. The molecule has 0 unspecified atom stereocenters. The average molecular weight is 476 g/mol. The van der Waals surface area contributed by atoms with E-state index in [0.717, 1.165) is 22.3 Å². The van der Waals surface area contributed by atoms with Gasteiger partial charge in [0.05, 0.1) is 6.54 Å². The quantitative estimate of drug-likeness (QED) is 0.535. The molecule has 3 aromatic rings. The van der Waals surface area contributed by atoms with Gasteiger partial charge in [-0.2, -0.15) is 0 Å². The van der Waals surface area contributed by atoms with Gasteiger partial charge < -0.3 is 24.6 Å². The Kier molecular flexibility index (Phi) is 5.76. The molecule has 1 aliphatic carbocycles. The molecule has 1 aliphatic heterocycles. The number of nitrogens with one attached hydrogen (secondary N) is 1. The third kappa shape index (κ3) is 4.03. The van der Waals surface area contributed by atoms with Crippen molar-refractivity contribution in [2.75, 3.05) is 19.7 Å². The van der Waals surface area contributed by atoms with E-state index in [0.29, 0.717) is 12.2 Å². The predicted octanol–water partition coefficient (Wildman–Crippen LogP) is 3.65. The van der Waals surface area contributed by atoms with Crippen molar-refractivity contribution < 1.29 is 28.8 Å². The molecule has 1 saturated heterocycles. The van der Waals surface area contributed by atoms with Crippen LogP contribution in [0.1, 0.15) is 46.6 Å². The van der Waals surface area contributed by atoms with Gasteiger partial charge in [-0.05, 0) is 28.7 Å². The summed E-state index contributed by atoms with van der Waals surface area (Å²) < 4.78 is 10.7. The molecule has 2 aliphatic rings. The highest BCUT2D eigenvalue weighted by Gasteiger charge is 2.50. The van der Waals surface area contributed by atoms with Crippen LogP contribution >= 0.6 is 0 Å². The number of hydrogen-bond acceptors (Lipinski definition) is 6. The second kappa shape index (κ2) is 8.90. The van der Waals surface area contributed by atoms with Gasteiger partial charge in [0.15, 0.2) is 11.5 Å². The van der Waals surface area contributed by atoms with Crippen molar-refractivity contribution in [3.63, 3.8) is 0 Å². The summed E-state index contributed by atoms with van der Waals surface area (Å²) in [5.74, 6) is -1.05. The van der Waals surface area contributed by atoms with Gasteiger partial charge in [0.25, 0.3) is 5.91 Å². The number of ether oxygens (including phenoxy) is 1. The molecule has 9 heteroatoms. The molecule has 35 heavy (non-hydrogen) atoms. The Bertz CT molecular complexity index is 1250. The molecule has 0 spiro atoms. The van der Waals surface area contributed by atoms with Crippen molar-refractivity contribution in [3.8, 4) is 11.1 Å². The maximum atomic E-state index is 12.6. The predicted molar refractivity (Wildman–Crippen MR) is 125 cm³/mol. The van der Waals surface area contributed by atoms with E-state index < -0.39 is 23.4 Å². The molecule has 2 heterocycles. The molecular formula is C26H25N3O6. The van der Waals surface area contributed by atoms with Crippen molar-refractivity contribution in [1.29, 1.82) is 0 Å². The van der Waals surface area contributed by atoms with Crippen LogP contribution in [0.25, 0.3) is 11.1 Å². The molecule has 2 N–H and O–H groups in total. The molecule has 1 fully saturated rings. The number of aromatic nitrogens is 1. The van der Waals surface area contributed by atoms with E-state index in [1.54, 1.807) is 6.92 Å². The second-order valence-corrected chi connectivity index (χ2v) is 8.96. The molecule has 0 atom stereocenters. The molecule has 2 aromatic carbocycles. The van der Waals surface area contributed by atoms with Gasteiger partial charge in [-0.1, -0.05) is 60.6 Å². The number of hydrogen-bond donors (Lipinski definition) is 2. The first-order valence-electron chi connectivity index (χ1n) is 11.5. The lowest BCUT2D eigenvalue weighted by Crippen LogP contribution is -2.61.